The summed E-state index contributed by atoms with van der Waals surface area (Å²) in [6.45, 7) is 2.99. The second-order valence-electron chi connectivity index (χ2n) is 5.06. The van der Waals surface area contributed by atoms with Gasteiger partial charge in [-0.05, 0) is 13.0 Å². The van der Waals surface area contributed by atoms with Crippen molar-refractivity contribution in [2.45, 2.75) is 32.0 Å². The number of hydrogen-bond donors (Lipinski definition) is 0. The second-order valence-corrected chi connectivity index (χ2v) is 5.06. The third-order valence-corrected chi connectivity index (χ3v) is 3.86. The summed E-state index contributed by atoms with van der Waals surface area (Å²) in [5.74, 6) is -1.34. The molecule has 0 spiro atoms. The molecule has 2 nitrogen and oxygen atoms in total. The summed E-state index contributed by atoms with van der Waals surface area (Å²) in [5, 5.41) is 0. The van der Waals surface area contributed by atoms with E-state index in [-0.39, 0.29) is 6.61 Å². The van der Waals surface area contributed by atoms with E-state index in [4.69, 9.17) is 9.47 Å². The third-order valence-electron chi connectivity index (χ3n) is 3.86. The van der Waals surface area contributed by atoms with E-state index in [0.717, 1.165) is 0 Å². The van der Waals surface area contributed by atoms with Gasteiger partial charge in [-0.2, -0.15) is 13.2 Å². The van der Waals surface area contributed by atoms with Crippen molar-refractivity contribution in [3.63, 3.8) is 0 Å². The summed E-state index contributed by atoms with van der Waals surface area (Å²) < 4.78 is 62.0. The Morgan fingerprint density at radius 3 is 2.45 bits per heavy atom. The molecule has 1 fully saturated rings. The Hall–Kier alpha value is -1.30. The van der Waals surface area contributed by atoms with Crippen LogP contribution >= 0.6 is 0 Å². The van der Waals surface area contributed by atoms with Gasteiger partial charge >= 0.3 is 6.18 Å². The maximum Gasteiger partial charge on any atom is 0.414 e. The van der Waals surface area contributed by atoms with Crippen molar-refractivity contribution >= 4 is 0 Å². The van der Waals surface area contributed by atoms with E-state index >= 15 is 0 Å². The van der Waals surface area contributed by atoms with E-state index in [9.17, 15) is 17.6 Å². The lowest BCUT2D eigenvalue weighted by Crippen LogP contribution is -2.33. The van der Waals surface area contributed by atoms with Crippen LogP contribution in [-0.4, -0.2) is 26.0 Å². The molecule has 0 amide bonds. The molecule has 112 valence electrons. The summed E-state index contributed by atoms with van der Waals surface area (Å²) >= 11 is 0. The van der Waals surface area contributed by atoms with Gasteiger partial charge in [-0.1, -0.05) is 13.0 Å². The first-order valence-corrected chi connectivity index (χ1v) is 6.28. The van der Waals surface area contributed by atoms with Crippen LogP contribution in [0.25, 0.3) is 0 Å². The molecule has 0 N–H and O–H groups in total. The molecule has 3 atom stereocenters. The number of alkyl halides is 3. The Morgan fingerprint density at radius 1 is 1.30 bits per heavy atom. The maximum absolute atomic E-state index is 13.5. The first-order chi connectivity index (χ1) is 9.27. The van der Waals surface area contributed by atoms with Crippen molar-refractivity contribution in [2.24, 2.45) is 5.92 Å². The lowest BCUT2D eigenvalue weighted by Gasteiger charge is -2.22. The first-order valence-electron chi connectivity index (χ1n) is 6.28. The highest BCUT2D eigenvalue weighted by atomic mass is 19.4. The van der Waals surface area contributed by atoms with Crippen LogP contribution in [0.4, 0.5) is 17.6 Å². The molecule has 3 unspecified atom stereocenters. The van der Waals surface area contributed by atoms with E-state index in [1.54, 1.807) is 6.92 Å². The molecule has 1 aromatic rings. The van der Waals surface area contributed by atoms with Gasteiger partial charge in [0.25, 0.3) is 0 Å². The molecule has 1 heterocycles. The summed E-state index contributed by atoms with van der Waals surface area (Å²) in [4.78, 5) is 0. The number of hydrogen-bond acceptors (Lipinski definition) is 2. The van der Waals surface area contributed by atoms with Gasteiger partial charge in [0.2, 0.25) is 0 Å². The highest BCUT2D eigenvalue weighted by Gasteiger charge is 2.51. The van der Waals surface area contributed by atoms with Crippen LogP contribution in [0, 0.1) is 18.7 Å². The Balaban J connectivity index is 2.37. The summed E-state index contributed by atoms with van der Waals surface area (Å²) in [6.07, 6.45) is -6.18. The molecular formula is C14H16F4O2. The number of halogens is 4. The van der Waals surface area contributed by atoms with Crippen LogP contribution in [-0.2, 0) is 4.74 Å². The molecule has 0 radical (unpaired) electrons. The van der Waals surface area contributed by atoms with Gasteiger partial charge in [0.1, 0.15) is 11.6 Å². The van der Waals surface area contributed by atoms with E-state index in [2.05, 4.69) is 0 Å². The molecule has 1 saturated heterocycles. The molecule has 1 aliphatic rings. The van der Waals surface area contributed by atoms with Crippen LogP contribution in [0.3, 0.4) is 0 Å². The van der Waals surface area contributed by atoms with E-state index < -0.39 is 29.9 Å². The lowest BCUT2D eigenvalue weighted by atomic mass is 9.85. The largest absolute Gasteiger partial charge is 0.496 e. The number of ether oxygens (including phenoxy) is 2. The third kappa shape index (κ3) is 2.49. The molecule has 0 aliphatic carbocycles. The van der Waals surface area contributed by atoms with E-state index in [1.807, 2.05) is 0 Å². The van der Waals surface area contributed by atoms with Crippen LogP contribution in [0.5, 0.6) is 5.75 Å². The van der Waals surface area contributed by atoms with Crippen molar-refractivity contribution in [1.29, 1.82) is 0 Å². The Labute approximate surface area is 114 Å². The molecule has 2 rings (SSSR count). The summed E-state index contributed by atoms with van der Waals surface area (Å²) in [7, 11) is 1.38. The minimum Gasteiger partial charge on any atom is -0.496 e. The Bertz CT molecular complexity index is 499. The fourth-order valence-corrected chi connectivity index (χ4v) is 2.74. The number of rotatable bonds is 2. The van der Waals surface area contributed by atoms with Crippen molar-refractivity contribution in [3.05, 3.63) is 29.1 Å². The predicted molar refractivity (Wildman–Crippen MR) is 65.4 cm³/mol. The normalized spacial score (nSPS) is 26.9. The Morgan fingerprint density at radius 2 is 1.95 bits per heavy atom. The van der Waals surface area contributed by atoms with Crippen LogP contribution < -0.4 is 4.74 Å². The second kappa shape index (κ2) is 5.24. The molecule has 6 heteroatoms. The number of benzene rings is 1. The molecule has 0 bridgehead atoms. The predicted octanol–water partition coefficient (Wildman–Crippen LogP) is 3.82. The maximum atomic E-state index is 13.5. The van der Waals surface area contributed by atoms with Crippen molar-refractivity contribution in [2.75, 3.05) is 13.7 Å². The van der Waals surface area contributed by atoms with E-state index in [0.29, 0.717) is 16.9 Å². The fourth-order valence-electron chi connectivity index (χ4n) is 2.74. The highest BCUT2D eigenvalue weighted by Crippen LogP contribution is 2.45. The molecule has 0 saturated carbocycles. The monoisotopic (exact) mass is 292 g/mol. The highest BCUT2D eigenvalue weighted by molar-refractivity contribution is 5.44. The van der Waals surface area contributed by atoms with Gasteiger partial charge in [-0.25, -0.2) is 4.39 Å². The Kier molecular flexibility index (Phi) is 3.95. The van der Waals surface area contributed by atoms with Crippen LogP contribution in [0.2, 0.25) is 0 Å². The lowest BCUT2D eigenvalue weighted by molar-refractivity contribution is -0.215. The average Bonchev–Trinajstić information content (AvgIpc) is 2.74. The minimum absolute atomic E-state index is 0.0488. The molecule has 0 aromatic heterocycles. The summed E-state index contributed by atoms with van der Waals surface area (Å²) in [6, 6.07) is 2.73. The molecular weight excluding hydrogens is 276 g/mol. The fraction of sp³-hybridized carbons (Fsp3) is 0.571. The quantitative estimate of drug-likeness (QED) is 0.771. The topological polar surface area (TPSA) is 18.5 Å². The molecule has 1 aliphatic heterocycles. The molecule has 1 aromatic carbocycles. The smallest absolute Gasteiger partial charge is 0.414 e. The minimum atomic E-state index is -4.39. The van der Waals surface area contributed by atoms with Gasteiger partial charge in [0.15, 0.2) is 6.10 Å². The first kappa shape index (κ1) is 15.1. The van der Waals surface area contributed by atoms with Gasteiger partial charge in [0, 0.05) is 23.0 Å². The van der Waals surface area contributed by atoms with Gasteiger partial charge < -0.3 is 9.47 Å². The van der Waals surface area contributed by atoms with Crippen molar-refractivity contribution in [1.82, 2.24) is 0 Å². The van der Waals surface area contributed by atoms with Crippen molar-refractivity contribution < 1.29 is 27.0 Å². The SMILES string of the molecule is COc1c(C2COC(C(F)(F)F)C2C)ccc(F)c1C. The van der Waals surface area contributed by atoms with Gasteiger partial charge in [-0.15, -0.1) is 0 Å². The average molecular weight is 292 g/mol. The van der Waals surface area contributed by atoms with Crippen LogP contribution in [0.1, 0.15) is 24.0 Å². The van der Waals surface area contributed by atoms with Crippen molar-refractivity contribution in [3.8, 4) is 5.75 Å². The zero-order valence-corrected chi connectivity index (χ0v) is 11.4. The molecule has 20 heavy (non-hydrogen) atoms. The summed E-state index contributed by atoms with van der Waals surface area (Å²) in [5.41, 5.74) is 0.860. The van der Waals surface area contributed by atoms with Crippen LogP contribution in [0.15, 0.2) is 12.1 Å². The zero-order chi connectivity index (χ0) is 15.1. The standard InChI is InChI=1S/C14H16F4O2/c1-7-10(6-20-13(7)14(16,17)18)9-4-5-11(15)8(2)12(9)19-3/h4-5,7,10,13H,6H2,1-3H3. The van der Waals surface area contributed by atoms with E-state index in [1.165, 1.54) is 26.2 Å². The van der Waals surface area contributed by atoms with Gasteiger partial charge in [0.05, 0.1) is 13.7 Å². The van der Waals surface area contributed by atoms with Gasteiger partial charge in [-0.3, -0.25) is 0 Å². The zero-order valence-electron chi connectivity index (χ0n) is 11.4. The number of methoxy groups -OCH3 is 1.